The van der Waals surface area contributed by atoms with Gasteiger partial charge in [0, 0.05) is 6.07 Å². The van der Waals surface area contributed by atoms with Gasteiger partial charge >= 0.3 is 12.5 Å². The number of ether oxygens (including phenoxy) is 1. The molecule has 0 atom stereocenters. The lowest BCUT2D eigenvalue weighted by Gasteiger charge is -2.16. The van der Waals surface area contributed by atoms with Gasteiger partial charge in [0.15, 0.2) is 0 Å². The summed E-state index contributed by atoms with van der Waals surface area (Å²) in [6.45, 7) is -1.30. The van der Waals surface area contributed by atoms with Gasteiger partial charge in [0.05, 0.1) is 5.69 Å². The van der Waals surface area contributed by atoms with Gasteiger partial charge in [0.25, 0.3) is 0 Å². The molecular weight excluding hydrogens is 386 g/mol. The van der Waals surface area contributed by atoms with E-state index in [0.29, 0.717) is 0 Å². The van der Waals surface area contributed by atoms with Crippen LogP contribution >= 0.6 is 22.6 Å². The number of rotatable bonds is 2. The van der Waals surface area contributed by atoms with Crippen LogP contribution in [0, 0.1) is 3.70 Å². The molecule has 0 spiro atoms. The van der Waals surface area contributed by atoms with Gasteiger partial charge in [-0.3, -0.25) is 0 Å². The van der Waals surface area contributed by atoms with Gasteiger partial charge in [-0.25, -0.2) is 9.37 Å². The van der Waals surface area contributed by atoms with Crippen molar-refractivity contribution in [3.63, 3.8) is 0 Å². The molecular formula is C8H3F7INO. The van der Waals surface area contributed by atoms with Crippen LogP contribution in [0.25, 0.3) is 0 Å². The van der Waals surface area contributed by atoms with Gasteiger partial charge in [-0.1, -0.05) is 0 Å². The standard InChI is InChI=1S/C8H3F7INO/c9-2-3-1-4(18-8(13,14)15)5(6(16)17-3)7(10,11)12/h1H,2H2. The molecule has 0 radical (unpaired) electrons. The number of hydrogen-bond donors (Lipinski definition) is 0. The highest BCUT2D eigenvalue weighted by Gasteiger charge is 2.42. The third-order valence-corrected chi connectivity index (χ3v) is 2.42. The Hall–Kier alpha value is -0.810. The molecule has 0 aliphatic heterocycles. The van der Waals surface area contributed by atoms with Crippen LogP contribution in [0.5, 0.6) is 5.75 Å². The molecule has 0 amide bonds. The van der Waals surface area contributed by atoms with Crippen LogP contribution in [0.15, 0.2) is 6.07 Å². The summed E-state index contributed by atoms with van der Waals surface area (Å²) in [5.74, 6) is -1.51. The summed E-state index contributed by atoms with van der Waals surface area (Å²) in [6.07, 6.45) is -10.4. The molecule has 0 aromatic carbocycles. The first kappa shape index (κ1) is 15.2. The fourth-order valence-corrected chi connectivity index (χ4v) is 1.95. The number of halogens is 8. The van der Waals surface area contributed by atoms with E-state index in [1.165, 1.54) is 0 Å². The normalized spacial score (nSPS) is 12.7. The molecule has 18 heavy (non-hydrogen) atoms. The van der Waals surface area contributed by atoms with Crippen molar-refractivity contribution < 1.29 is 35.5 Å². The quantitative estimate of drug-likeness (QED) is 0.432. The Balaban J connectivity index is 3.39. The lowest BCUT2D eigenvalue weighted by Crippen LogP contribution is -2.21. The van der Waals surface area contributed by atoms with Crippen LogP contribution in [0.3, 0.4) is 0 Å². The molecule has 1 aromatic rings. The van der Waals surface area contributed by atoms with E-state index in [1.54, 1.807) is 0 Å². The molecule has 2 nitrogen and oxygen atoms in total. The van der Waals surface area contributed by atoms with Crippen LogP contribution < -0.4 is 4.74 Å². The van der Waals surface area contributed by atoms with Crippen LogP contribution in [0.2, 0.25) is 0 Å². The van der Waals surface area contributed by atoms with E-state index in [4.69, 9.17) is 0 Å². The summed E-state index contributed by atoms with van der Waals surface area (Å²) in [6, 6.07) is 0.276. The van der Waals surface area contributed by atoms with Gasteiger partial charge in [-0.2, -0.15) is 13.2 Å². The van der Waals surface area contributed by atoms with Crippen molar-refractivity contribution in [2.75, 3.05) is 0 Å². The lowest BCUT2D eigenvalue weighted by molar-refractivity contribution is -0.276. The van der Waals surface area contributed by atoms with E-state index in [0.717, 1.165) is 22.6 Å². The second-order valence-electron chi connectivity index (χ2n) is 2.96. The SMILES string of the molecule is FCc1cc(OC(F)(F)F)c(C(F)(F)F)c(I)n1. The summed E-state index contributed by atoms with van der Waals surface area (Å²) in [7, 11) is 0. The summed E-state index contributed by atoms with van der Waals surface area (Å²) in [5.41, 5.74) is -2.26. The van der Waals surface area contributed by atoms with E-state index >= 15 is 0 Å². The van der Waals surface area contributed by atoms with Crippen molar-refractivity contribution in [2.45, 2.75) is 19.2 Å². The summed E-state index contributed by atoms with van der Waals surface area (Å²) < 4.78 is 88.2. The van der Waals surface area contributed by atoms with Crippen molar-refractivity contribution >= 4 is 22.6 Å². The summed E-state index contributed by atoms with van der Waals surface area (Å²) in [5, 5.41) is 0. The first-order valence-corrected chi connectivity index (χ1v) is 5.21. The molecule has 1 aromatic heterocycles. The number of alkyl halides is 7. The maximum Gasteiger partial charge on any atom is 0.573 e. The fraction of sp³-hybridized carbons (Fsp3) is 0.375. The van der Waals surface area contributed by atoms with E-state index in [-0.39, 0.29) is 6.07 Å². The van der Waals surface area contributed by atoms with Gasteiger partial charge in [-0.05, 0) is 22.6 Å². The third-order valence-electron chi connectivity index (χ3n) is 1.64. The molecule has 0 N–H and O–H groups in total. The minimum absolute atomic E-state index is 0.276. The highest BCUT2D eigenvalue weighted by molar-refractivity contribution is 14.1. The predicted octanol–water partition coefficient (Wildman–Crippen LogP) is 4.07. The van der Waals surface area contributed by atoms with Gasteiger partial charge in [-0.15, -0.1) is 13.2 Å². The topological polar surface area (TPSA) is 22.1 Å². The molecule has 102 valence electrons. The Morgan fingerprint density at radius 1 is 1.17 bits per heavy atom. The second kappa shape index (κ2) is 5.05. The zero-order valence-electron chi connectivity index (χ0n) is 8.16. The molecule has 1 heterocycles. The first-order valence-electron chi connectivity index (χ1n) is 4.13. The third kappa shape index (κ3) is 3.85. The van der Waals surface area contributed by atoms with Crippen molar-refractivity contribution in [2.24, 2.45) is 0 Å². The number of hydrogen-bond acceptors (Lipinski definition) is 2. The minimum atomic E-state index is -5.31. The molecule has 0 saturated heterocycles. The highest BCUT2D eigenvalue weighted by atomic mass is 127. The molecule has 0 unspecified atom stereocenters. The molecule has 1 rings (SSSR count). The van der Waals surface area contributed by atoms with Crippen molar-refractivity contribution in [1.82, 2.24) is 4.98 Å². The average Bonchev–Trinajstić information content (AvgIpc) is 2.11. The van der Waals surface area contributed by atoms with Crippen molar-refractivity contribution in [1.29, 1.82) is 0 Å². The number of aromatic nitrogens is 1. The second-order valence-corrected chi connectivity index (χ2v) is 3.98. The molecule has 10 heteroatoms. The Morgan fingerprint density at radius 3 is 2.11 bits per heavy atom. The Kier molecular flexibility index (Phi) is 4.28. The van der Waals surface area contributed by atoms with E-state index < -0.39 is 39.9 Å². The maximum atomic E-state index is 12.5. The van der Waals surface area contributed by atoms with E-state index in [1.807, 2.05) is 0 Å². The Bertz CT molecular complexity index is 442. The number of nitrogens with zero attached hydrogens (tertiary/aromatic N) is 1. The average molecular weight is 389 g/mol. The van der Waals surface area contributed by atoms with Gasteiger partial charge in [0.2, 0.25) is 0 Å². The molecule has 0 bridgehead atoms. The van der Waals surface area contributed by atoms with E-state index in [2.05, 4.69) is 9.72 Å². The van der Waals surface area contributed by atoms with Crippen molar-refractivity contribution in [3.05, 3.63) is 21.0 Å². The smallest absolute Gasteiger partial charge is 0.405 e. The number of pyridine rings is 1. The molecule has 0 fully saturated rings. The largest absolute Gasteiger partial charge is 0.573 e. The Labute approximate surface area is 109 Å². The first-order chi connectivity index (χ1) is 8.04. The lowest BCUT2D eigenvalue weighted by atomic mass is 10.2. The van der Waals surface area contributed by atoms with E-state index in [9.17, 15) is 30.7 Å². The van der Waals surface area contributed by atoms with Crippen LogP contribution in [-0.2, 0) is 12.9 Å². The molecule has 0 aliphatic carbocycles. The zero-order valence-corrected chi connectivity index (χ0v) is 10.3. The van der Waals surface area contributed by atoms with Gasteiger partial charge < -0.3 is 4.74 Å². The zero-order chi connectivity index (χ0) is 14.1. The monoisotopic (exact) mass is 389 g/mol. The highest BCUT2D eigenvalue weighted by Crippen LogP contribution is 2.40. The summed E-state index contributed by atoms with van der Waals surface area (Å²) in [4.78, 5) is 3.19. The maximum absolute atomic E-state index is 12.5. The Morgan fingerprint density at radius 2 is 1.72 bits per heavy atom. The summed E-state index contributed by atoms with van der Waals surface area (Å²) >= 11 is 1.07. The predicted molar refractivity (Wildman–Crippen MR) is 53.5 cm³/mol. The molecule has 0 saturated carbocycles. The van der Waals surface area contributed by atoms with Gasteiger partial charge in [0.1, 0.15) is 21.7 Å². The van der Waals surface area contributed by atoms with Crippen LogP contribution in [0.1, 0.15) is 11.3 Å². The fourth-order valence-electron chi connectivity index (χ4n) is 1.07. The van der Waals surface area contributed by atoms with Crippen LogP contribution in [0.4, 0.5) is 30.7 Å². The van der Waals surface area contributed by atoms with Crippen molar-refractivity contribution in [3.8, 4) is 5.75 Å². The van der Waals surface area contributed by atoms with Crippen LogP contribution in [-0.4, -0.2) is 11.3 Å². The molecule has 0 aliphatic rings. The minimum Gasteiger partial charge on any atom is -0.405 e.